The second-order valence-electron chi connectivity index (χ2n) is 3.67. The zero-order chi connectivity index (χ0) is 11.9. The van der Waals surface area contributed by atoms with Gasteiger partial charge in [0, 0.05) is 11.1 Å². The van der Waals surface area contributed by atoms with Crippen molar-refractivity contribution in [3.8, 4) is 0 Å². The second kappa shape index (κ2) is 3.83. The number of fused-ring (bicyclic) bond motifs is 1. The van der Waals surface area contributed by atoms with Gasteiger partial charge in [-0.05, 0) is 42.9 Å². The van der Waals surface area contributed by atoms with E-state index in [9.17, 15) is 4.79 Å². The Morgan fingerprint density at radius 2 is 2.12 bits per heavy atom. The molecule has 4 nitrogen and oxygen atoms in total. The minimum absolute atomic E-state index is 0.125. The van der Waals surface area contributed by atoms with Crippen molar-refractivity contribution in [2.45, 2.75) is 27.2 Å². The third-order valence-corrected chi connectivity index (χ3v) is 3.51. The van der Waals surface area contributed by atoms with Crippen LogP contribution in [0.25, 0.3) is 10.2 Å². The van der Waals surface area contributed by atoms with Gasteiger partial charge < -0.3 is 5.11 Å². The van der Waals surface area contributed by atoms with Crippen LogP contribution in [-0.4, -0.2) is 20.4 Å². The van der Waals surface area contributed by atoms with Crippen molar-refractivity contribution in [1.82, 2.24) is 9.36 Å². The fourth-order valence-corrected chi connectivity index (χ4v) is 2.87. The van der Waals surface area contributed by atoms with Crippen LogP contribution in [0.3, 0.4) is 0 Å². The van der Waals surface area contributed by atoms with Gasteiger partial charge in [0.2, 0.25) is 0 Å². The molecule has 0 saturated heterocycles. The number of aromatic carboxylic acids is 1. The summed E-state index contributed by atoms with van der Waals surface area (Å²) < 4.78 is 3.95. The number of carboxylic acids is 1. The molecule has 0 atom stereocenters. The van der Waals surface area contributed by atoms with E-state index in [1.54, 1.807) is 0 Å². The predicted molar refractivity (Wildman–Crippen MR) is 63.2 cm³/mol. The van der Waals surface area contributed by atoms with E-state index in [0.29, 0.717) is 10.2 Å². The summed E-state index contributed by atoms with van der Waals surface area (Å²) in [7, 11) is 0. The zero-order valence-corrected chi connectivity index (χ0v) is 10.2. The highest BCUT2D eigenvalue weighted by Gasteiger charge is 2.18. The van der Waals surface area contributed by atoms with Gasteiger partial charge >= 0.3 is 5.97 Å². The maximum atomic E-state index is 11.0. The lowest BCUT2D eigenvalue weighted by molar-refractivity contribution is 0.0694. The fourth-order valence-electron chi connectivity index (χ4n) is 2.00. The second-order valence-corrected chi connectivity index (χ2v) is 4.42. The van der Waals surface area contributed by atoms with E-state index in [2.05, 4.69) is 9.36 Å². The van der Waals surface area contributed by atoms with Gasteiger partial charge in [-0.1, -0.05) is 6.92 Å². The average molecular weight is 236 g/mol. The third-order valence-electron chi connectivity index (χ3n) is 2.76. The lowest BCUT2D eigenvalue weighted by Gasteiger charge is -2.07. The summed E-state index contributed by atoms with van der Waals surface area (Å²) in [5, 5.41) is 9.74. The molecule has 0 unspecified atom stereocenters. The minimum atomic E-state index is -0.984. The minimum Gasteiger partial charge on any atom is -0.476 e. The molecule has 0 spiro atoms. The third kappa shape index (κ3) is 1.48. The van der Waals surface area contributed by atoms with Crippen molar-refractivity contribution in [2.75, 3.05) is 0 Å². The van der Waals surface area contributed by atoms with Crippen LogP contribution in [0.4, 0.5) is 0 Å². The van der Waals surface area contributed by atoms with Gasteiger partial charge in [-0.3, -0.25) is 0 Å². The van der Waals surface area contributed by atoms with E-state index in [4.69, 9.17) is 5.11 Å². The van der Waals surface area contributed by atoms with Gasteiger partial charge in [0.1, 0.15) is 4.83 Å². The summed E-state index contributed by atoms with van der Waals surface area (Å²) in [5.74, 6) is -0.984. The molecule has 0 bridgehead atoms. The van der Waals surface area contributed by atoms with Gasteiger partial charge in [-0.15, -0.1) is 0 Å². The first-order valence-electron chi connectivity index (χ1n) is 5.05. The Hall–Kier alpha value is -1.49. The van der Waals surface area contributed by atoms with Crippen molar-refractivity contribution in [3.05, 3.63) is 22.5 Å². The molecule has 0 aliphatic heterocycles. The first-order valence-corrected chi connectivity index (χ1v) is 5.82. The summed E-state index contributed by atoms with van der Waals surface area (Å²) in [6.45, 7) is 5.94. The van der Waals surface area contributed by atoms with E-state index in [-0.39, 0.29) is 5.69 Å². The van der Waals surface area contributed by atoms with E-state index < -0.39 is 5.97 Å². The Labute approximate surface area is 97.1 Å². The quantitative estimate of drug-likeness (QED) is 0.870. The molecule has 1 N–H and O–H groups in total. The molecule has 16 heavy (non-hydrogen) atoms. The highest BCUT2D eigenvalue weighted by atomic mass is 32.1. The number of pyridine rings is 1. The molecule has 0 fully saturated rings. The van der Waals surface area contributed by atoms with Crippen LogP contribution in [0.5, 0.6) is 0 Å². The molecule has 0 saturated carbocycles. The summed E-state index contributed by atoms with van der Waals surface area (Å²) in [6, 6.07) is 0. The molecule has 2 aromatic rings. The zero-order valence-electron chi connectivity index (χ0n) is 9.37. The molecule has 0 radical (unpaired) electrons. The Balaban J connectivity index is 2.87. The normalized spacial score (nSPS) is 10.9. The van der Waals surface area contributed by atoms with Gasteiger partial charge in [0.05, 0.1) is 0 Å². The Morgan fingerprint density at radius 1 is 1.44 bits per heavy atom. The molecular weight excluding hydrogens is 224 g/mol. The van der Waals surface area contributed by atoms with Crippen LogP contribution in [0.2, 0.25) is 0 Å². The molecule has 84 valence electrons. The number of aromatic nitrogens is 2. The van der Waals surface area contributed by atoms with Crippen LogP contribution in [0.1, 0.15) is 34.2 Å². The van der Waals surface area contributed by atoms with E-state index >= 15 is 0 Å². The highest BCUT2D eigenvalue weighted by Crippen LogP contribution is 2.28. The smallest absolute Gasteiger partial charge is 0.356 e. The summed E-state index contributed by atoms with van der Waals surface area (Å²) >= 11 is 1.15. The molecule has 0 aromatic carbocycles. The first kappa shape index (κ1) is 11.0. The van der Waals surface area contributed by atoms with Crippen LogP contribution in [0.15, 0.2) is 0 Å². The highest BCUT2D eigenvalue weighted by molar-refractivity contribution is 7.13. The van der Waals surface area contributed by atoms with Crippen LogP contribution >= 0.6 is 11.5 Å². The van der Waals surface area contributed by atoms with Crippen molar-refractivity contribution in [2.24, 2.45) is 0 Å². The number of hydrogen-bond donors (Lipinski definition) is 1. The van der Waals surface area contributed by atoms with Gasteiger partial charge in [-0.2, -0.15) is 4.37 Å². The summed E-state index contributed by atoms with van der Waals surface area (Å²) in [5.41, 5.74) is 3.21. The van der Waals surface area contributed by atoms with E-state index in [1.165, 1.54) is 0 Å². The summed E-state index contributed by atoms with van der Waals surface area (Å²) in [4.78, 5) is 16.1. The van der Waals surface area contributed by atoms with Crippen LogP contribution in [0, 0.1) is 13.8 Å². The molecule has 5 heteroatoms. The maximum Gasteiger partial charge on any atom is 0.356 e. The lowest BCUT2D eigenvalue weighted by atomic mass is 10.0. The van der Waals surface area contributed by atoms with Crippen molar-refractivity contribution in [1.29, 1.82) is 0 Å². The number of carboxylic acid groups (broad SMARTS) is 1. The molecule has 0 amide bonds. The molecule has 2 aromatic heterocycles. The first-order chi connectivity index (χ1) is 7.56. The topological polar surface area (TPSA) is 63.1 Å². The Bertz CT molecular complexity index is 575. The Kier molecular flexibility index (Phi) is 2.63. The van der Waals surface area contributed by atoms with Crippen molar-refractivity contribution in [3.63, 3.8) is 0 Å². The van der Waals surface area contributed by atoms with Crippen LogP contribution in [-0.2, 0) is 6.42 Å². The van der Waals surface area contributed by atoms with E-state index in [1.807, 2.05) is 20.8 Å². The fraction of sp³-hybridized carbons (Fsp3) is 0.364. The van der Waals surface area contributed by atoms with E-state index in [0.717, 1.165) is 34.8 Å². The lowest BCUT2D eigenvalue weighted by Crippen LogP contribution is -2.01. The monoisotopic (exact) mass is 236 g/mol. The average Bonchev–Trinajstić information content (AvgIpc) is 2.62. The maximum absolute atomic E-state index is 11.0. The molecule has 0 aliphatic rings. The van der Waals surface area contributed by atoms with Crippen molar-refractivity contribution >= 4 is 27.7 Å². The molecular formula is C11H12N2O2S. The molecule has 0 aliphatic carbocycles. The summed E-state index contributed by atoms with van der Waals surface area (Å²) in [6.07, 6.45) is 0.857. The SMILES string of the molecule is CCc1c(C)nc2snc(C(=O)O)c2c1C. The number of nitrogens with zero attached hydrogens (tertiary/aromatic N) is 2. The molecule has 2 rings (SSSR count). The Morgan fingerprint density at radius 3 is 2.69 bits per heavy atom. The number of hydrogen-bond acceptors (Lipinski definition) is 4. The number of rotatable bonds is 2. The standard InChI is InChI=1S/C11H12N2O2S/c1-4-7-5(2)8-9(11(14)15)13-16-10(8)12-6(7)3/h4H2,1-3H3,(H,14,15). The number of carbonyl (C=O) groups is 1. The van der Waals surface area contributed by atoms with Crippen LogP contribution < -0.4 is 0 Å². The van der Waals surface area contributed by atoms with Gasteiger partial charge in [0.15, 0.2) is 5.69 Å². The largest absolute Gasteiger partial charge is 0.476 e. The van der Waals surface area contributed by atoms with Gasteiger partial charge in [0.25, 0.3) is 0 Å². The van der Waals surface area contributed by atoms with Crippen molar-refractivity contribution < 1.29 is 9.90 Å². The molecule has 2 heterocycles. The van der Waals surface area contributed by atoms with Gasteiger partial charge in [-0.25, -0.2) is 9.78 Å². The number of aryl methyl sites for hydroxylation is 2. The predicted octanol–water partition coefficient (Wildman–Crippen LogP) is 2.57.